The highest BCUT2D eigenvalue weighted by Crippen LogP contribution is 2.44. The van der Waals surface area contributed by atoms with Gasteiger partial charge in [-0.1, -0.05) is 79.7 Å². The molecule has 24 nitrogen and oxygen atoms in total. The van der Waals surface area contributed by atoms with Crippen molar-refractivity contribution < 1.29 is 67.7 Å². The van der Waals surface area contributed by atoms with Crippen LogP contribution in [0.3, 0.4) is 0 Å². The van der Waals surface area contributed by atoms with Gasteiger partial charge >= 0.3 is 6.09 Å². The van der Waals surface area contributed by atoms with Gasteiger partial charge in [0.2, 0.25) is 47.3 Å². The number of hydrazine groups is 1. The van der Waals surface area contributed by atoms with Crippen LogP contribution in [0.15, 0.2) is 97.1 Å². The number of carbonyl (C=O) groups is 11. The average molecular weight is 1120 g/mol. The number of fused-ring (bicyclic) bond motifs is 3. The maximum Gasteiger partial charge on any atom is 0.407 e. The summed E-state index contributed by atoms with van der Waals surface area (Å²) in [4.78, 5) is 144. The Hall–Kier alpha value is -9.35. The zero-order valence-corrected chi connectivity index (χ0v) is 46.1. The van der Waals surface area contributed by atoms with Crippen LogP contribution in [0.1, 0.15) is 83.6 Å². The van der Waals surface area contributed by atoms with Crippen LogP contribution in [0.5, 0.6) is 11.5 Å². The summed E-state index contributed by atoms with van der Waals surface area (Å²) >= 11 is 0. The third-order valence-corrected chi connectivity index (χ3v) is 13.6. The lowest BCUT2D eigenvalue weighted by atomic mass is 9.86. The number of ether oxygens (including phenoxy) is 1. The van der Waals surface area contributed by atoms with E-state index >= 15 is 0 Å². The first-order valence-corrected chi connectivity index (χ1v) is 26.2. The number of Topliss-reactive ketones (excluding diaryl/α,β-unsaturated/α-hetero) is 1. The van der Waals surface area contributed by atoms with Crippen molar-refractivity contribution in [3.63, 3.8) is 0 Å². The van der Waals surface area contributed by atoms with Gasteiger partial charge in [0.15, 0.2) is 5.78 Å². The van der Waals surface area contributed by atoms with Crippen molar-refractivity contribution in [3.05, 3.63) is 119 Å². The van der Waals surface area contributed by atoms with Gasteiger partial charge in [-0.2, -0.15) is 0 Å². The molecule has 5 rings (SSSR count). The number of hydrogen-bond acceptors (Lipinski definition) is 14. The second kappa shape index (κ2) is 29.0. The molecule has 1 aliphatic rings. The van der Waals surface area contributed by atoms with E-state index < -0.39 is 120 Å². The van der Waals surface area contributed by atoms with Crippen molar-refractivity contribution in [2.24, 2.45) is 11.8 Å². The number of phenols is 2. The number of rotatable bonds is 25. The van der Waals surface area contributed by atoms with Gasteiger partial charge in [0.1, 0.15) is 54.4 Å². The minimum Gasteiger partial charge on any atom is -0.508 e. The van der Waals surface area contributed by atoms with E-state index in [-0.39, 0.29) is 42.6 Å². The fourth-order valence-corrected chi connectivity index (χ4v) is 8.45. The molecule has 0 heterocycles. The highest BCUT2D eigenvalue weighted by Gasteiger charge is 2.35. The minimum absolute atomic E-state index is 0.0129. The lowest BCUT2D eigenvalue weighted by Crippen LogP contribution is -2.57. The molecule has 0 aliphatic heterocycles. The molecule has 0 radical (unpaired) electrons. The van der Waals surface area contributed by atoms with E-state index in [4.69, 9.17) is 4.74 Å². The van der Waals surface area contributed by atoms with E-state index in [1.54, 1.807) is 0 Å². The number of hydrogen-bond donors (Lipinski definition) is 12. The third-order valence-electron chi connectivity index (χ3n) is 13.6. The maximum absolute atomic E-state index is 13.9. The molecule has 432 valence electrons. The van der Waals surface area contributed by atoms with Gasteiger partial charge in [-0.05, 0) is 113 Å². The summed E-state index contributed by atoms with van der Waals surface area (Å²) in [6.45, 7) is 10.3. The zero-order valence-electron chi connectivity index (χ0n) is 46.1. The lowest BCUT2D eigenvalue weighted by molar-refractivity contribution is -0.138. The summed E-state index contributed by atoms with van der Waals surface area (Å²) in [7, 11) is 0. The fourth-order valence-electron chi connectivity index (χ4n) is 8.45. The van der Waals surface area contributed by atoms with Gasteiger partial charge in [0, 0.05) is 18.3 Å². The van der Waals surface area contributed by atoms with Crippen LogP contribution >= 0.6 is 0 Å². The molecule has 9 atom stereocenters. The van der Waals surface area contributed by atoms with Crippen LogP contribution in [0.4, 0.5) is 4.79 Å². The van der Waals surface area contributed by atoms with Crippen molar-refractivity contribution in [1.29, 1.82) is 0 Å². The number of benzene rings is 4. The molecule has 0 spiro atoms. The summed E-state index contributed by atoms with van der Waals surface area (Å²) in [6.07, 6.45) is -1.03. The molecule has 81 heavy (non-hydrogen) atoms. The van der Waals surface area contributed by atoms with Crippen LogP contribution in [0.25, 0.3) is 11.1 Å². The van der Waals surface area contributed by atoms with E-state index in [9.17, 15) is 63.0 Å². The topological polar surface area (TPSA) is 358 Å². The Morgan fingerprint density at radius 2 is 0.877 bits per heavy atom. The summed E-state index contributed by atoms with van der Waals surface area (Å²) in [5, 5.41) is 39.4. The van der Waals surface area contributed by atoms with Crippen molar-refractivity contribution in [2.45, 2.75) is 116 Å². The van der Waals surface area contributed by atoms with Gasteiger partial charge in [-0.3, -0.25) is 58.8 Å². The Balaban J connectivity index is 1.10. The number of ketones is 1. The van der Waals surface area contributed by atoms with Crippen LogP contribution < -0.4 is 53.4 Å². The Morgan fingerprint density at radius 3 is 1.40 bits per heavy atom. The number of phenolic OH excluding ortho intramolecular Hbond substituents is 2. The summed E-state index contributed by atoms with van der Waals surface area (Å²) < 4.78 is 5.53. The van der Waals surface area contributed by atoms with E-state index in [0.29, 0.717) is 11.1 Å². The smallest absolute Gasteiger partial charge is 0.407 e. The third kappa shape index (κ3) is 18.1. The normalized spacial score (nSPS) is 14.8. The van der Waals surface area contributed by atoms with Gasteiger partial charge in [-0.15, -0.1) is 0 Å². The van der Waals surface area contributed by atoms with E-state index in [0.717, 1.165) is 22.3 Å². The van der Waals surface area contributed by atoms with Crippen LogP contribution in [-0.2, 0) is 65.5 Å². The number of alkyl carbamates (subject to hydrolysis) is 1. The van der Waals surface area contributed by atoms with Crippen LogP contribution in [-0.4, -0.2) is 131 Å². The second-order valence-corrected chi connectivity index (χ2v) is 19.9. The monoisotopic (exact) mass is 1120 g/mol. The largest absolute Gasteiger partial charge is 0.508 e. The predicted molar refractivity (Wildman–Crippen MR) is 294 cm³/mol. The average Bonchev–Trinajstić information content (AvgIpc) is 4.03. The van der Waals surface area contributed by atoms with Gasteiger partial charge in [0.25, 0.3) is 5.91 Å². The highest BCUT2D eigenvalue weighted by molar-refractivity contribution is 5.97. The lowest BCUT2D eigenvalue weighted by Gasteiger charge is -2.25. The quantitative estimate of drug-likeness (QED) is 0.0411. The number of nitrogens with one attached hydrogen (secondary N) is 10. The summed E-state index contributed by atoms with van der Waals surface area (Å²) in [5.74, 6) is -10.1. The maximum atomic E-state index is 13.9. The second-order valence-electron chi connectivity index (χ2n) is 19.9. The zero-order chi connectivity index (χ0) is 59.7. The Bertz CT molecular complexity index is 2930. The molecule has 0 unspecified atom stereocenters. The molecule has 1 aliphatic carbocycles. The molecule has 24 heteroatoms. The highest BCUT2D eigenvalue weighted by atomic mass is 16.5. The first kappa shape index (κ1) is 62.5. The molecule has 0 fully saturated rings. The van der Waals surface area contributed by atoms with Gasteiger partial charge < -0.3 is 57.5 Å². The Morgan fingerprint density at radius 1 is 0.457 bits per heavy atom. The molecule has 0 aromatic heterocycles. The minimum atomic E-state index is -1.30. The van der Waals surface area contributed by atoms with Crippen LogP contribution in [0, 0.1) is 11.8 Å². The predicted octanol–water partition coefficient (Wildman–Crippen LogP) is 0.923. The van der Waals surface area contributed by atoms with E-state index in [2.05, 4.69) is 53.4 Å². The molecular formula is C57H70N10O14. The summed E-state index contributed by atoms with van der Waals surface area (Å²) in [6, 6.07) is 19.1. The molecule has 4 aromatic carbocycles. The first-order valence-electron chi connectivity index (χ1n) is 26.2. The van der Waals surface area contributed by atoms with Crippen molar-refractivity contribution in [1.82, 2.24) is 53.4 Å². The SMILES string of the molecule is CC(=O)[C@H](C)NC(=O)[C@H](C)NC(=O)[C@H](Cc1ccc(O)cc1)NC(=O)CNC(=O)[C@H](C)NC(=O)[C@H](C)NC(=O)[C@H](Cc1ccc(O)cc1)[C@H](C)C(=O)NNC(=O)[C@H](C)NC(=O)[C@H](C)NC(=O)OCC1c2ccccc2-c2ccccc21. The molecule has 0 bridgehead atoms. The Labute approximate surface area is 468 Å². The molecule has 12 N–H and O–H groups in total. The van der Waals surface area contributed by atoms with E-state index in [1.807, 2.05) is 48.5 Å². The number of carbonyl (C=O) groups excluding carboxylic acids is 11. The summed E-state index contributed by atoms with van der Waals surface area (Å²) in [5.41, 5.74) is 9.64. The first-order chi connectivity index (χ1) is 38.3. The van der Waals surface area contributed by atoms with Gasteiger partial charge in [0.05, 0.1) is 18.5 Å². The van der Waals surface area contributed by atoms with Crippen LogP contribution in [0.2, 0.25) is 0 Å². The van der Waals surface area contributed by atoms with Crippen molar-refractivity contribution in [3.8, 4) is 22.6 Å². The Kier molecular flexibility index (Phi) is 22.4. The number of amides is 10. The van der Waals surface area contributed by atoms with Crippen molar-refractivity contribution >= 4 is 65.0 Å². The molecule has 0 saturated carbocycles. The fraction of sp³-hybridized carbons (Fsp3) is 0.386. The van der Waals surface area contributed by atoms with E-state index in [1.165, 1.54) is 104 Å². The standard InChI is InChI=1S/C57H70N10O14/c1-29(49(72)66-67-54(77)35(7)61-53(76)34(6)64-57(80)81-28-46-43-15-11-9-13-41(43)42-14-10-12-16-44(42)46)45(25-37-17-21-39(69)22-18-37)55(78)62-32(4)52(75)60-31(3)50(73)58-27-48(71)65-47(26-38-19-23-40(70)24-20-38)56(79)63-33(5)51(74)59-30(2)36(8)68/h9-24,29-35,45-47,69-70H,25-28H2,1-8H3,(H,58,73)(H,59,74)(H,60,75)(H,61,76)(H,62,78)(H,63,79)(H,64,80)(H,65,71)(H,66,72)(H,67,77)/t29-,30-,31-,32-,33-,34-,35-,45+,47-/m0/s1. The molecule has 4 aromatic rings. The van der Waals surface area contributed by atoms with Gasteiger partial charge in [-0.25, -0.2) is 4.79 Å². The number of aromatic hydroxyl groups is 2. The molecular weight excluding hydrogens is 1050 g/mol. The van der Waals surface area contributed by atoms with Crippen molar-refractivity contribution in [2.75, 3.05) is 13.2 Å². The molecule has 10 amide bonds. The molecule has 0 saturated heterocycles.